The summed E-state index contributed by atoms with van der Waals surface area (Å²) >= 11 is 0. The minimum atomic E-state index is -4.19. The molecule has 10 heteroatoms. The molecule has 2 aromatic rings. The van der Waals surface area contributed by atoms with Crippen LogP contribution in [0, 0.1) is 11.7 Å². The van der Waals surface area contributed by atoms with E-state index in [9.17, 15) is 22.7 Å². The van der Waals surface area contributed by atoms with Gasteiger partial charge in [0.05, 0.1) is 17.2 Å². The normalized spacial score (nSPS) is 24.0. The van der Waals surface area contributed by atoms with Crippen LogP contribution in [0.25, 0.3) is 0 Å². The van der Waals surface area contributed by atoms with Gasteiger partial charge in [0.1, 0.15) is 17.1 Å². The van der Waals surface area contributed by atoms with Crippen molar-refractivity contribution in [3.8, 4) is 5.75 Å². The third-order valence-corrected chi connectivity index (χ3v) is 8.44. The van der Waals surface area contributed by atoms with E-state index < -0.39 is 21.8 Å². The Labute approximate surface area is 198 Å². The zero-order valence-corrected chi connectivity index (χ0v) is 19.7. The van der Waals surface area contributed by atoms with Crippen LogP contribution in [0.15, 0.2) is 35.2 Å². The molecule has 2 aromatic carbocycles. The smallest absolute Gasteiger partial charge is 0.341 e. The number of likely N-dealkylation sites (N-methyl/N-ethyl adjacent to an activating group) is 1. The summed E-state index contributed by atoms with van der Waals surface area (Å²) in [5, 5.41) is 13.2. The third kappa shape index (κ3) is 4.37. The van der Waals surface area contributed by atoms with E-state index in [1.165, 1.54) is 18.2 Å². The molecule has 2 heterocycles. The lowest BCUT2D eigenvalue weighted by molar-refractivity contribution is 0.0692. The molecule has 8 nitrogen and oxygen atoms in total. The van der Waals surface area contributed by atoms with E-state index in [1.807, 2.05) is 0 Å². The number of anilines is 1. The third-order valence-electron chi connectivity index (χ3n) is 6.98. The van der Waals surface area contributed by atoms with E-state index in [1.54, 1.807) is 6.07 Å². The molecule has 0 spiro atoms. The fraction of sp³-hybridized carbons (Fsp3) is 0.458. The maximum absolute atomic E-state index is 14.1. The average molecular weight is 490 g/mol. The molecule has 3 atom stereocenters. The highest BCUT2D eigenvalue weighted by molar-refractivity contribution is 7.92. The predicted octanol–water partition coefficient (Wildman–Crippen LogP) is 2.66. The summed E-state index contributed by atoms with van der Waals surface area (Å²) in [7, 11) is -4.19. The standard InChI is InChI=1S/C24H28FN3O5S/c1-2-28-8-7-26-17(12-28)10-14-9-16(25)3-6-21(14)34(31,32)27-20-5-4-18-19-11-15(19)13-33-23(18)22(20)24(29)30/h3-6,9,15,17,19,26-27H,2,7-8,10-13H2,1H3,(H,29,30)/t15-,17?,19-/m0/s1. The number of nitrogens with zero attached hydrogens (tertiary/aromatic N) is 1. The Morgan fingerprint density at radius 1 is 1.32 bits per heavy atom. The largest absolute Gasteiger partial charge is 0.492 e. The van der Waals surface area contributed by atoms with Crippen molar-refractivity contribution in [1.82, 2.24) is 10.2 Å². The molecule has 0 amide bonds. The van der Waals surface area contributed by atoms with Crippen molar-refractivity contribution in [1.29, 1.82) is 0 Å². The Morgan fingerprint density at radius 3 is 2.91 bits per heavy atom. The molecule has 1 unspecified atom stereocenters. The van der Waals surface area contributed by atoms with Gasteiger partial charge in [-0.2, -0.15) is 0 Å². The molecule has 1 saturated heterocycles. The van der Waals surface area contributed by atoms with Crippen molar-refractivity contribution in [2.24, 2.45) is 5.92 Å². The van der Waals surface area contributed by atoms with Crippen LogP contribution >= 0.6 is 0 Å². The Morgan fingerprint density at radius 2 is 2.15 bits per heavy atom. The lowest BCUT2D eigenvalue weighted by Crippen LogP contribution is -2.51. The van der Waals surface area contributed by atoms with Gasteiger partial charge in [0.25, 0.3) is 10.0 Å². The van der Waals surface area contributed by atoms with Crippen LogP contribution in [0.2, 0.25) is 0 Å². The number of hydrogen-bond donors (Lipinski definition) is 3. The number of fused-ring (bicyclic) bond motifs is 3. The quantitative estimate of drug-likeness (QED) is 0.549. The maximum Gasteiger partial charge on any atom is 0.341 e. The van der Waals surface area contributed by atoms with Gasteiger partial charge in [-0.25, -0.2) is 17.6 Å². The number of hydrogen-bond acceptors (Lipinski definition) is 6. The molecule has 1 saturated carbocycles. The molecule has 182 valence electrons. The summed E-state index contributed by atoms with van der Waals surface area (Å²) in [5.74, 6) is -0.891. The van der Waals surface area contributed by atoms with Gasteiger partial charge in [-0.05, 0) is 60.7 Å². The number of piperazine rings is 1. The predicted molar refractivity (Wildman–Crippen MR) is 125 cm³/mol. The number of benzene rings is 2. The van der Waals surface area contributed by atoms with Gasteiger partial charge in [-0.15, -0.1) is 0 Å². The lowest BCUT2D eigenvalue weighted by Gasteiger charge is -2.33. The maximum atomic E-state index is 14.1. The number of ether oxygens (including phenoxy) is 1. The van der Waals surface area contributed by atoms with Crippen molar-refractivity contribution in [2.75, 3.05) is 37.5 Å². The lowest BCUT2D eigenvalue weighted by atomic mass is 10.0. The Hall–Kier alpha value is -2.69. The van der Waals surface area contributed by atoms with E-state index >= 15 is 0 Å². The van der Waals surface area contributed by atoms with Gasteiger partial charge in [0.15, 0.2) is 0 Å². The molecule has 3 N–H and O–H groups in total. The summed E-state index contributed by atoms with van der Waals surface area (Å²) < 4.78 is 49.1. The first kappa shape index (κ1) is 23.1. The van der Waals surface area contributed by atoms with Crippen LogP contribution in [0.5, 0.6) is 5.75 Å². The first-order valence-corrected chi connectivity index (χ1v) is 13.0. The highest BCUT2D eigenvalue weighted by Crippen LogP contribution is 2.55. The summed E-state index contributed by atoms with van der Waals surface area (Å²) in [6, 6.07) is 6.77. The van der Waals surface area contributed by atoms with Gasteiger partial charge in [0, 0.05) is 31.6 Å². The first-order valence-electron chi connectivity index (χ1n) is 11.6. The van der Waals surface area contributed by atoms with Gasteiger partial charge >= 0.3 is 5.97 Å². The topological polar surface area (TPSA) is 108 Å². The van der Waals surface area contributed by atoms with Crippen molar-refractivity contribution in [3.05, 3.63) is 52.8 Å². The summed E-state index contributed by atoms with van der Waals surface area (Å²) in [6.07, 6.45) is 1.27. The number of halogens is 1. The molecule has 0 bridgehead atoms. The fourth-order valence-corrected chi connectivity index (χ4v) is 6.40. The molecule has 34 heavy (non-hydrogen) atoms. The van der Waals surface area contributed by atoms with Crippen molar-refractivity contribution < 1.29 is 27.4 Å². The van der Waals surface area contributed by atoms with Crippen molar-refractivity contribution in [2.45, 2.75) is 36.6 Å². The van der Waals surface area contributed by atoms with Crippen molar-refractivity contribution >= 4 is 21.7 Å². The summed E-state index contributed by atoms with van der Waals surface area (Å²) in [4.78, 5) is 14.3. The van der Waals surface area contributed by atoms with E-state index in [0.29, 0.717) is 24.5 Å². The number of rotatable bonds is 7. The zero-order chi connectivity index (χ0) is 24.0. The van der Waals surface area contributed by atoms with Crippen LogP contribution < -0.4 is 14.8 Å². The molecule has 2 aliphatic heterocycles. The zero-order valence-electron chi connectivity index (χ0n) is 18.9. The van der Waals surface area contributed by atoms with Gasteiger partial charge in [-0.3, -0.25) is 4.72 Å². The number of carboxylic acids is 1. The van der Waals surface area contributed by atoms with E-state index in [2.05, 4.69) is 21.9 Å². The number of aromatic carboxylic acids is 1. The number of carboxylic acid groups (broad SMARTS) is 1. The SMILES string of the molecule is CCN1CCNC(Cc2cc(F)ccc2S(=O)(=O)Nc2ccc3c(c2C(=O)O)OC[C@@H]2C[C@H]32)C1. The number of carbonyl (C=O) groups is 1. The second-order valence-electron chi connectivity index (χ2n) is 9.23. The fourth-order valence-electron chi connectivity index (χ4n) is 5.10. The van der Waals surface area contributed by atoms with E-state index in [4.69, 9.17) is 4.74 Å². The highest BCUT2D eigenvalue weighted by Gasteiger charge is 2.45. The number of sulfonamides is 1. The van der Waals surface area contributed by atoms with Crippen molar-refractivity contribution in [3.63, 3.8) is 0 Å². The van der Waals surface area contributed by atoms with Gasteiger partial charge < -0.3 is 20.1 Å². The molecule has 3 aliphatic rings. The molecular formula is C24H28FN3O5S. The average Bonchev–Trinajstić information content (AvgIpc) is 3.58. The first-order chi connectivity index (χ1) is 16.3. The molecule has 1 aliphatic carbocycles. The Balaban J connectivity index is 1.46. The second kappa shape index (κ2) is 8.83. The summed E-state index contributed by atoms with van der Waals surface area (Å²) in [6.45, 7) is 5.78. The van der Waals surface area contributed by atoms with E-state index in [0.717, 1.165) is 44.2 Å². The minimum Gasteiger partial charge on any atom is -0.492 e. The van der Waals surface area contributed by atoms with Gasteiger partial charge in [-0.1, -0.05) is 13.0 Å². The van der Waals surface area contributed by atoms with Gasteiger partial charge in [0.2, 0.25) is 0 Å². The van der Waals surface area contributed by atoms with Crippen LogP contribution in [0.4, 0.5) is 10.1 Å². The highest BCUT2D eigenvalue weighted by atomic mass is 32.2. The summed E-state index contributed by atoms with van der Waals surface area (Å²) in [5.41, 5.74) is 0.897. The molecule has 0 radical (unpaired) electrons. The molecular weight excluding hydrogens is 461 g/mol. The molecule has 0 aromatic heterocycles. The number of nitrogens with one attached hydrogen (secondary N) is 2. The van der Waals surface area contributed by atoms with Crippen LogP contribution in [-0.4, -0.2) is 63.2 Å². The Bertz CT molecular complexity index is 1240. The molecule has 5 rings (SSSR count). The van der Waals surface area contributed by atoms with Crippen LogP contribution in [0.1, 0.15) is 40.7 Å². The second-order valence-corrected chi connectivity index (χ2v) is 10.9. The van der Waals surface area contributed by atoms with Crippen LogP contribution in [-0.2, 0) is 16.4 Å². The minimum absolute atomic E-state index is 0.0253. The van der Waals surface area contributed by atoms with E-state index in [-0.39, 0.29) is 33.9 Å². The Kier molecular flexibility index (Phi) is 5.99. The monoisotopic (exact) mass is 489 g/mol. The molecule has 2 fully saturated rings. The van der Waals surface area contributed by atoms with Crippen LogP contribution in [0.3, 0.4) is 0 Å².